The summed E-state index contributed by atoms with van der Waals surface area (Å²) in [5, 5.41) is 0. The van der Waals surface area contributed by atoms with Crippen LogP contribution in [0.25, 0.3) is 0 Å². The largest absolute Gasteiger partial charge is 0.521 e. The quantitative estimate of drug-likeness (QED) is 0.354. The van der Waals surface area contributed by atoms with Gasteiger partial charge in [-0.3, -0.25) is 0 Å². The summed E-state index contributed by atoms with van der Waals surface area (Å²) in [5.41, 5.74) is 0.848. The van der Waals surface area contributed by atoms with E-state index in [1.165, 1.54) is 0 Å². The molecule has 2 nitrogen and oxygen atoms in total. The Morgan fingerprint density at radius 2 is 2.50 bits per heavy atom. The third-order valence-electron chi connectivity index (χ3n) is 0.675. The van der Waals surface area contributed by atoms with Crippen LogP contribution in [0.4, 0.5) is 0 Å². The summed E-state index contributed by atoms with van der Waals surface area (Å²) in [6, 6.07) is 0. The molecule has 0 amide bonds. The van der Waals surface area contributed by atoms with Gasteiger partial charge in [0.2, 0.25) is 6.16 Å². The second-order valence-electron chi connectivity index (χ2n) is 1.93. The fourth-order valence-electron chi connectivity index (χ4n) is 0.302. The van der Waals surface area contributed by atoms with Gasteiger partial charge in [0.15, 0.2) is 0 Å². The molecule has 0 aliphatic heterocycles. The second-order valence-corrected chi connectivity index (χ2v) is 3.17. The van der Waals surface area contributed by atoms with Crippen molar-refractivity contribution in [3.05, 3.63) is 12.2 Å². The van der Waals surface area contributed by atoms with Gasteiger partial charge in [-0.15, -0.1) is 10.9 Å². The van der Waals surface area contributed by atoms with E-state index in [-0.39, 0.29) is 6.16 Å². The Morgan fingerprint density at radius 3 is 2.90 bits per heavy atom. The fraction of sp³-hybridized carbons (Fsp3) is 0.429. The van der Waals surface area contributed by atoms with Crippen molar-refractivity contribution < 1.29 is 9.09 Å². The molecular formula is C7H10O2P+. The molecule has 1 unspecified atom stereocenters. The highest BCUT2D eigenvalue weighted by Gasteiger charge is 2.13. The van der Waals surface area contributed by atoms with E-state index in [4.69, 9.17) is 10.9 Å². The molecule has 1 atom stereocenters. The van der Waals surface area contributed by atoms with Crippen LogP contribution in [0.5, 0.6) is 0 Å². The molecule has 0 bridgehead atoms. The van der Waals surface area contributed by atoms with Crippen LogP contribution in [0, 0.1) is 12.3 Å². The molecular weight excluding hydrogens is 147 g/mol. The molecule has 54 valence electrons. The first kappa shape index (κ1) is 9.36. The van der Waals surface area contributed by atoms with Crippen LogP contribution in [0.3, 0.4) is 0 Å². The molecule has 0 rings (SSSR count). The van der Waals surface area contributed by atoms with Crippen LogP contribution in [0.2, 0.25) is 0 Å². The Bertz CT molecular complexity index is 179. The Labute approximate surface area is 62.1 Å². The van der Waals surface area contributed by atoms with Crippen molar-refractivity contribution in [3.63, 3.8) is 0 Å². The van der Waals surface area contributed by atoms with Gasteiger partial charge in [-0.2, -0.15) is 0 Å². The SMILES string of the molecule is C#CC[P+](=O)OCC(=C)C. The highest BCUT2D eigenvalue weighted by atomic mass is 31.1. The van der Waals surface area contributed by atoms with E-state index in [9.17, 15) is 4.57 Å². The lowest BCUT2D eigenvalue weighted by Crippen LogP contribution is -1.87. The topological polar surface area (TPSA) is 26.3 Å². The highest BCUT2D eigenvalue weighted by molar-refractivity contribution is 7.39. The molecule has 3 heteroatoms. The maximum absolute atomic E-state index is 10.7. The van der Waals surface area contributed by atoms with Crippen LogP contribution in [0.15, 0.2) is 12.2 Å². The summed E-state index contributed by atoms with van der Waals surface area (Å²) in [7, 11) is -1.66. The predicted molar refractivity (Wildman–Crippen MR) is 42.1 cm³/mol. The standard InChI is InChI=1S/C7H10O2P/c1-4-5-10(8)9-6-7(2)3/h1H,2,5-6H2,3H3/q+1. The molecule has 0 aliphatic carbocycles. The van der Waals surface area contributed by atoms with Gasteiger partial charge >= 0.3 is 8.03 Å². The zero-order valence-electron chi connectivity index (χ0n) is 5.96. The van der Waals surface area contributed by atoms with Gasteiger partial charge in [-0.25, -0.2) is 0 Å². The predicted octanol–water partition coefficient (Wildman–Crippen LogP) is 1.95. The number of hydrogen-bond acceptors (Lipinski definition) is 2. The van der Waals surface area contributed by atoms with Gasteiger partial charge in [0.05, 0.1) is 0 Å². The molecule has 0 N–H and O–H groups in total. The van der Waals surface area contributed by atoms with E-state index in [1.807, 2.05) is 0 Å². The average Bonchev–Trinajstić information content (AvgIpc) is 1.85. The minimum Gasteiger partial charge on any atom is -0.141 e. The molecule has 0 saturated heterocycles. The first-order valence-electron chi connectivity index (χ1n) is 2.82. The van der Waals surface area contributed by atoms with Crippen LogP contribution < -0.4 is 0 Å². The van der Waals surface area contributed by atoms with Gasteiger partial charge in [0.1, 0.15) is 6.61 Å². The third kappa shape index (κ3) is 5.50. The summed E-state index contributed by atoms with van der Waals surface area (Å²) >= 11 is 0. The van der Waals surface area contributed by atoms with Crippen molar-refractivity contribution in [1.29, 1.82) is 0 Å². The van der Waals surface area contributed by atoms with E-state index in [1.54, 1.807) is 6.92 Å². The van der Waals surface area contributed by atoms with E-state index in [2.05, 4.69) is 12.5 Å². The van der Waals surface area contributed by atoms with Gasteiger partial charge in [0.25, 0.3) is 0 Å². The van der Waals surface area contributed by atoms with Crippen molar-refractivity contribution in [2.24, 2.45) is 0 Å². The Balaban J connectivity index is 3.42. The van der Waals surface area contributed by atoms with Crippen LogP contribution in [-0.4, -0.2) is 12.8 Å². The lowest BCUT2D eigenvalue weighted by molar-refractivity contribution is 0.364. The maximum Gasteiger partial charge on any atom is 0.521 e. The lowest BCUT2D eigenvalue weighted by atomic mass is 10.4. The van der Waals surface area contributed by atoms with E-state index in [0.29, 0.717) is 6.61 Å². The van der Waals surface area contributed by atoms with E-state index >= 15 is 0 Å². The molecule has 0 radical (unpaired) electrons. The first-order chi connectivity index (χ1) is 4.66. The molecule has 10 heavy (non-hydrogen) atoms. The van der Waals surface area contributed by atoms with Crippen LogP contribution in [-0.2, 0) is 9.09 Å². The first-order valence-corrected chi connectivity index (χ1v) is 4.18. The molecule has 0 aliphatic rings. The van der Waals surface area contributed by atoms with Crippen molar-refractivity contribution in [1.82, 2.24) is 0 Å². The number of rotatable bonds is 4. The van der Waals surface area contributed by atoms with Crippen molar-refractivity contribution in [3.8, 4) is 12.3 Å². The molecule has 0 saturated carbocycles. The number of hydrogen-bond donors (Lipinski definition) is 0. The van der Waals surface area contributed by atoms with Crippen molar-refractivity contribution in [2.45, 2.75) is 6.92 Å². The summed E-state index contributed by atoms with van der Waals surface area (Å²) in [5.74, 6) is 2.25. The lowest BCUT2D eigenvalue weighted by Gasteiger charge is -1.86. The smallest absolute Gasteiger partial charge is 0.141 e. The van der Waals surface area contributed by atoms with Crippen molar-refractivity contribution >= 4 is 8.03 Å². The minimum absolute atomic E-state index is 0.183. The van der Waals surface area contributed by atoms with E-state index in [0.717, 1.165) is 5.57 Å². The maximum atomic E-state index is 10.7. The molecule has 0 fully saturated rings. The molecule has 0 spiro atoms. The molecule has 0 heterocycles. The second kappa shape index (κ2) is 5.17. The summed E-state index contributed by atoms with van der Waals surface area (Å²) in [4.78, 5) is 0. The molecule has 0 aromatic heterocycles. The Kier molecular flexibility index (Phi) is 4.84. The van der Waals surface area contributed by atoms with Crippen LogP contribution in [0.1, 0.15) is 6.92 Å². The average molecular weight is 157 g/mol. The van der Waals surface area contributed by atoms with Crippen LogP contribution >= 0.6 is 8.03 Å². The number of terminal acetylenes is 1. The Hall–Kier alpha value is -0.640. The normalized spacial score (nSPS) is 10.2. The zero-order chi connectivity index (χ0) is 7.98. The fourth-order valence-corrected chi connectivity index (χ4v) is 0.907. The summed E-state index contributed by atoms with van der Waals surface area (Å²) in [6.07, 6.45) is 5.08. The monoisotopic (exact) mass is 157 g/mol. The van der Waals surface area contributed by atoms with Gasteiger partial charge in [0, 0.05) is 0 Å². The Morgan fingerprint density at radius 1 is 1.90 bits per heavy atom. The summed E-state index contributed by atoms with van der Waals surface area (Å²) in [6.45, 7) is 5.72. The van der Waals surface area contributed by atoms with Gasteiger partial charge in [-0.1, -0.05) is 18.1 Å². The van der Waals surface area contributed by atoms with E-state index < -0.39 is 8.03 Å². The zero-order valence-corrected chi connectivity index (χ0v) is 6.86. The van der Waals surface area contributed by atoms with Gasteiger partial charge in [-0.05, 0) is 11.5 Å². The van der Waals surface area contributed by atoms with Crippen molar-refractivity contribution in [2.75, 3.05) is 12.8 Å². The third-order valence-corrected chi connectivity index (χ3v) is 1.53. The molecule has 0 aromatic rings. The summed E-state index contributed by atoms with van der Waals surface area (Å²) < 4.78 is 15.5. The van der Waals surface area contributed by atoms with Gasteiger partial charge < -0.3 is 0 Å². The molecule has 0 aromatic carbocycles. The minimum atomic E-state index is -1.66. The highest BCUT2D eigenvalue weighted by Crippen LogP contribution is 2.20.